The number of nitrogen functional groups attached to an aromatic ring is 1. The van der Waals surface area contributed by atoms with Gasteiger partial charge in [-0.05, 0) is 23.8 Å². The largest absolute Gasteiger partial charge is 0.497 e. The van der Waals surface area contributed by atoms with E-state index in [9.17, 15) is 4.79 Å². The monoisotopic (exact) mass is 291 g/mol. The quantitative estimate of drug-likeness (QED) is 0.906. The molecule has 1 aromatic carbocycles. The Balaban J connectivity index is 2.02. The highest BCUT2D eigenvalue weighted by molar-refractivity contribution is 6.33. The molecule has 20 heavy (non-hydrogen) atoms. The van der Waals surface area contributed by atoms with Gasteiger partial charge in [0.1, 0.15) is 11.6 Å². The lowest BCUT2D eigenvalue weighted by Crippen LogP contribution is -2.23. The predicted molar refractivity (Wildman–Crippen MR) is 77.8 cm³/mol. The first-order chi connectivity index (χ1) is 9.60. The third-order valence-electron chi connectivity index (χ3n) is 2.73. The lowest BCUT2D eigenvalue weighted by atomic mass is 10.2. The summed E-state index contributed by atoms with van der Waals surface area (Å²) in [6, 6.07) is 8.87. The van der Waals surface area contributed by atoms with Crippen molar-refractivity contribution in [2.75, 3.05) is 12.8 Å². The first-order valence-electron chi connectivity index (χ1n) is 5.92. The Kier molecular flexibility index (Phi) is 4.42. The molecule has 0 fully saturated rings. The Morgan fingerprint density at radius 3 is 2.75 bits per heavy atom. The van der Waals surface area contributed by atoms with Crippen LogP contribution in [0.4, 0.5) is 5.82 Å². The zero-order valence-electron chi connectivity index (χ0n) is 10.9. The van der Waals surface area contributed by atoms with E-state index in [0.717, 1.165) is 11.3 Å². The SMILES string of the molecule is COc1ccc(CNC(=O)c2cc(N)ncc2Cl)cc1. The molecule has 2 aromatic rings. The number of halogens is 1. The average molecular weight is 292 g/mol. The standard InChI is InChI=1S/C14H14ClN3O2/c1-20-10-4-2-9(3-5-10)7-18-14(19)11-6-13(16)17-8-12(11)15/h2-6,8H,7H2,1H3,(H2,16,17)(H,18,19). The molecule has 2 rings (SSSR count). The normalized spacial score (nSPS) is 10.1. The molecule has 0 unspecified atom stereocenters. The molecule has 6 heteroatoms. The van der Waals surface area contributed by atoms with Crippen molar-refractivity contribution in [2.24, 2.45) is 0 Å². The highest BCUT2D eigenvalue weighted by Gasteiger charge is 2.11. The maximum absolute atomic E-state index is 12.0. The number of ether oxygens (including phenoxy) is 1. The summed E-state index contributed by atoms with van der Waals surface area (Å²) in [5, 5.41) is 3.04. The second kappa shape index (κ2) is 6.25. The van der Waals surface area contributed by atoms with E-state index in [4.69, 9.17) is 22.1 Å². The van der Waals surface area contributed by atoms with Gasteiger partial charge in [-0.2, -0.15) is 0 Å². The van der Waals surface area contributed by atoms with Crippen LogP contribution >= 0.6 is 11.6 Å². The zero-order chi connectivity index (χ0) is 14.5. The summed E-state index contributed by atoms with van der Waals surface area (Å²) in [6.45, 7) is 0.390. The lowest BCUT2D eigenvalue weighted by molar-refractivity contribution is 0.0951. The van der Waals surface area contributed by atoms with Gasteiger partial charge in [0.25, 0.3) is 5.91 Å². The van der Waals surface area contributed by atoms with Gasteiger partial charge >= 0.3 is 0 Å². The van der Waals surface area contributed by atoms with Crippen LogP contribution in [0.5, 0.6) is 5.75 Å². The van der Waals surface area contributed by atoms with Gasteiger partial charge in [-0.25, -0.2) is 4.98 Å². The maximum Gasteiger partial charge on any atom is 0.253 e. The minimum atomic E-state index is -0.292. The number of aromatic nitrogens is 1. The van der Waals surface area contributed by atoms with E-state index in [1.54, 1.807) is 7.11 Å². The summed E-state index contributed by atoms with van der Waals surface area (Å²) in [5.41, 5.74) is 6.81. The van der Waals surface area contributed by atoms with E-state index in [-0.39, 0.29) is 16.7 Å². The van der Waals surface area contributed by atoms with Crippen LogP contribution in [0.3, 0.4) is 0 Å². The van der Waals surface area contributed by atoms with Crippen LogP contribution in [0.2, 0.25) is 5.02 Å². The molecule has 0 saturated heterocycles. The summed E-state index contributed by atoms with van der Waals surface area (Å²) in [4.78, 5) is 15.8. The Morgan fingerprint density at radius 1 is 1.40 bits per heavy atom. The first-order valence-corrected chi connectivity index (χ1v) is 6.30. The van der Waals surface area contributed by atoms with E-state index < -0.39 is 0 Å². The summed E-state index contributed by atoms with van der Waals surface area (Å²) in [6.07, 6.45) is 1.36. The number of nitrogens with two attached hydrogens (primary N) is 1. The lowest BCUT2D eigenvalue weighted by Gasteiger charge is -2.08. The van der Waals surface area contributed by atoms with Crippen molar-refractivity contribution in [1.29, 1.82) is 0 Å². The highest BCUT2D eigenvalue weighted by atomic mass is 35.5. The number of methoxy groups -OCH3 is 1. The second-order valence-corrected chi connectivity index (χ2v) is 4.53. The Morgan fingerprint density at radius 2 is 2.10 bits per heavy atom. The van der Waals surface area contributed by atoms with Gasteiger partial charge in [-0.15, -0.1) is 0 Å². The van der Waals surface area contributed by atoms with Gasteiger partial charge in [-0.3, -0.25) is 4.79 Å². The van der Waals surface area contributed by atoms with E-state index in [1.165, 1.54) is 12.3 Å². The van der Waals surface area contributed by atoms with Crippen LogP contribution in [-0.4, -0.2) is 18.0 Å². The van der Waals surface area contributed by atoms with Crippen LogP contribution < -0.4 is 15.8 Å². The van der Waals surface area contributed by atoms with Crippen LogP contribution in [0, 0.1) is 0 Å². The number of carbonyl (C=O) groups is 1. The third kappa shape index (κ3) is 3.39. The molecule has 0 aliphatic carbocycles. The topological polar surface area (TPSA) is 77.2 Å². The van der Waals surface area contributed by atoms with Crippen molar-refractivity contribution in [3.63, 3.8) is 0 Å². The van der Waals surface area contributed by atoms with E-state index >= 15 is 0 Å². The average Bonchev–Trinajstić information content (AvgIpc) is 2.47. The molecule has 104 valence electrons. The highest BCUT2D eigenvalue weighted by Crippen LogP contribution is 2.17. The molecular weight excluding hydrogens is 278 g/mol. The third-order valence-corrected chi connectivity index (χ3v) is 3.03. The number of hydrogen-bond donors (Lipinski definition) is 2. The van der Waals surface area contributed by atoms with Crippen LogP contribution in [-0.2, 0) is 6.54 Å². The molecule has 0 spiro atoms. The molecule has 0 radical (unpaired) electrons. The number of nitrogens with zero attached hydrogens (tertiary/aromatic N) is 1. The summed E-state index contributed by atoms with van der Waals surface area (Å²) < 4.78 is 5.07. The number of pyridine rings is 1. The van der Waals surface area contributed by atoms with Gasteiger partial charge in [0.05, 0.1) is 17.7 Å². The number of nitrogens with one attached hydrogen (secondary N) is 1. The van der Waals surface area contributed by atoms with Gasteiger partial charge < -0.3 is 15.8 Å². The fourth-order valence-corrected chi connectivity index (χ4v) is 1.84. The second-order valence-electron chi connectivity index (χ2n) is 4.12. The Hall–Kier alpha value is -2.27. The first kappa shape index (κ1) is 14.1. The van der Waals surface area contributed by atoms with Gasteiger partial charge in [0.15, 0.2) is 0 Å². The van der Waals surface area contributed by atoms with Crippen molar-refractivity contribution in [2.45, 2.75) is 6.54 Å². The summed E-state index contributed by atoms with van der Waals surface area (Å²) >= 11 is 5.92. The fraction of sp³-hybridized carbons (Fsp3) is 0.143. The van der Waals surface area contributed by atoms with E-state index in [2.05, 4.69) is 10.3 Å². The Bertz CT molecular complexity index is 614. The van der Waals surface area contributed by atoms with Crippen molar-refractivity contribution in [3.05, 3.63) is 52.7 Å². The van der Waals surface area contributed by atoms with Crippen molar-refractivity contribution >= 4 is 23.3 Å². The minimum Gasteiger partial charge on any atom is -0.497 e. The smallest absolute Gasteiger partial charge is 0.253 e. The fourth-order valence-electron chi connectivity index (χ4n) is 1.65. The molecule has 3 N–H and O–H groups in total. The number of carbonyl (C=O) groups excluding carboxylic acids is 1. The summed E-state index contributed by atoms with van der Waals surface area (Å²) in [7, 11) is 1.60. The number of rotatable bonds is 4. The van der Waals surface area contributed by atoms with Crippen molar-refractivity contribution < 1.29 is 9.53 Å². The number of anilines is 1. The molecule has 5 nitrogen and oxygen atoms in total. The number of benzene rings is 1. The molecule has 1 aromatic heterocycles. The Labute approximate surface area is 121 Å². The van der Waals surface area contributed by atoms with Gasteiger partial charge in [-0.1, -0.05) is 23.7 Å². The predicted octanol–water partition coefficient (Wildman–Crippen LogP) is 2.26. The number of amides is 1. The van der Waals surface area contributed by atoms with Gasteiger partial charge in [0.2, 0.25) is 0 Å². The van der Waals surface area contributed by atoms with Gasteiger partial charge in [0, 0.05) is 12.7 Å². The molecule has 0 saturated carbocycles. The summed E-state index contributed by atoms with van der Waals surface area (Å²) in [5.74, 6) is 0.731. The van der Waals surface area contributed by atoms with Crippen LogP contribution in [0.25, 0.3) is 0 Å². The maximum atomic E-state index is 12.0. The zero-order valence-corrected chi connectivity index (χ0v) is 11.6. The van der Waals surface area contributed by atoms with Crippen LogP contribution in [0.1, 0.15) is 15.9 Å². The molecule has 0 atom stereocenters. The van der Waals surface area contributed by atoms with E-state index in [0.29, 0.717) is 12.1 Å². The molecule has 1 heterocycles. The molecule has 0 aliphatic rings. The molecule has 0 aliphatic heterocycles. The van der Waals surface area contributed by atoms with E-state index in [1.807, 2.05) is 24.3 Å². The molecule has 0 bridgehead atoms. The molecule has 1 amide bonds. The van der Waals surface area contributed by atoms with Crippen LogP contribution in [0.15, 0.2) is 36.5 Å². The molecular formula is C14H14ClN3O2. The van der Waals surface area contributed by atoms with Crippen molar-refractivity contribution in [1.82, 2.24) is 10.3 Å². The number of hydrogen-bond acceptors (Lipinski definition) is 4. The van der Waals surface area contributed by atoms with Crippen molar-refractivity contribution in [3.8, 4) is 5.75 Å². The minimum absolute atomic E-state index is 0.254.